The molecule has 0 saturated heterocycles. The van der Waals surface area contributed by atoms with Gasteiger partial charge >= 0.3 is 0 Å². The quantitative estimate of drug-likeness (QED) is 0.302. The molecule has 0 heterocycles. The van der Waals surface area contributed by atoms with E-state index in [4.69, 9.17) is 10.9 Å². The van der Waals surface area contributed by atoms with Crippen LogP contribution in [0.15, 0.2) is 5.16 Å². The Morgan fingerprint density at radius 1 is 1.54 bits per heavy atom. The summed E-state index contributed by atoms with van der Waals surface area (Å²) in [5, 5.41) is 11.9. The van der Waals surface area contributed by atoms with Crippen LogP contribution >= 0.6 is 11.8 Å². The van der Waals surface area contributed by atoms with E-state index in [9.17, 15) is 0 Å². The highest BCUT2D eigenvalue weighted by Crippen LogP contribution is 2.20. The van der Waals surface area contributed by atoms with Crippen molar-refractivity contribution in [2.24, 2.45) is 16.8 Å². The van der Waals surface area contributed by atoms with Crippen molar-refractivity contribution in [3.05, 3.63) is 0 Å². The summed E-state index contributed by atoms with van der Waals surface area (Å²) in [4.78, 5) is 0. The number of rotatable bonds is 6. The maximum Gasteiger partial charge on any atom is 0.140 e. The lowest BCUT2D eigenvalue weighted by molar-refractivity contribution is 0.316. The summed E-state index contributed by atoms with van der Waals surface area (Å²) < 4.78 is 0. The van der Waals surface area contributed by atoms with Crippen LogP contribution in [0.3, 0.4) is 0 Å². The number of nitrogens with two attached hydrogens (primary N) is 1. The first-order valence-electron chi connectivity index (χ1n) is 4.68. The third-order valence-corrected chi connectivity index (χ3v) is 3.52. The molecule has 0 aromatic rings. The summed E-state index contributed by atoms with van der Waals surface area (Å²) in [6.45, 7) is 6.52. The molecule has 0 aliphatic heterocycles. The summed E-state index contributed by atoms with van der Waals surface area (Å²) in [6.07, 6.45) is 1.75. The van der Waals surface area contributed by atoms with E-state index < -0.39 is 0 Å². The molecule has 0 bridgehead atoms. The largest absolute Gasteiger partial charge is 0.409 e. The highest BCUT2D eigenvalue weighted by atomic mass is 32.2. The van der Waals surface area contributed by atoms with Crippen molar-refractivity contribution in [2.45, 2.75) is 38.9 Å². The average Bonchev–Trinajstić information content (AvgIpc) is 2.11. The number of hydrogen-bond acceptors (Lipinski definition) is 3. The Morgan fingerprint density at radius 3 is 2.54 bits per heavy atom. The topological polar surface area (TPSA) is 58.6 Å². The third-order valence-electron chi connectivity index (χ3n) is 1.69. The number of thioether (sulfide) groups is 1. The normalized spacial score (nSPS) is 14.9. The summed E-state index contributed by atoms with van der Waals surface area (Å²) in [5.41, 5.74) is 5.44. The molecule has 1 unspecified atom stereocenters. The van der Waals surface area contributed by atoms with Gasteiger partial charge in [0.25, 0.3) is 0 Å². The third kappa shape index (κ3) is 6.75. The van der Waals surface area contributed by atoms with E-state index in [0.29, 0.717) is 23.4 Å². The molecule has 0 spiro atoms. The van der Waals surface area contributed by atoms with Gasteiger partial charge in [0.2, 0.25) is 0 Å². The van der Waals surface area contributed by atoms with Gasteiger partial charge in [-0.25, -0.2) is 0 Å². The second-order valence-electron chi connectivity index (χ2n) is 3.55. The minimum absolute atomic E-state index is 0.336. The molecule has 0 aromatic carbocycles. The molecule has 0 amide bonds. The van der Waals surface area contributed by atoms with Crippen LogP contribution < -0.4 is 5.73 Å². The Balaban J connectivity index is 3.76. The van der Waals surface area contributed by atoms with Crippen LogP contribution in [-0.4, -0.2) is 22.0 Å². The van der Waals surface area contributed by atoms with E-state index in [1.807, 2.05) is 11.8 Å². The SMILES string of the molecule is CCC(C/C(N)=N/O)SCC(C)C. The second-order valence-corrected chi connectivity index (χ2v) is 4.89. The van der Waals surface area contributed by atoms with Crippen molar-refractivity contribution in [3.63, 3.8) is 0 Å². The van der Waals surface area contributed by atoms with Gasteiger partial charge < -0.3 is 10.9 Å². The van der Waals surface area contributed by atoms with Gasteiger partial charge in [0.1, 0.15) is 5.84 Å². The van der Waals surface area contributed by atoms with E-state index in [2.05, 4.69) is 25.9 Å². The minimum Gasteiger partial charge on any atom is -0.409 e. The standard InChI is InChI=1S/C9H20N2OS/c1-4-8(5-9(10)11-12)13-6-7(2)3/h7-8,12H,4-6H2,1-3H3,(H2,10,11). The number of amidine groups is 1. The molecular formula is C9H20N2OS. The van der Waals surface area contributed by atoms with Crippen molar-refractivity contribution < 1.29 is 5.21 Å². The lowest BCUT2D eigenvalue weighted by Crippen LogP contribution is -2.18. The fourth-order valence-electron chi connectivity index (χ4n) is 0.924. The van der Waals surface area contributed by atoms with E-state index in [0.717, 1.165) is 12.2 Å². The molecule has 13 heavy (non-hydrogen) atoms. The zero-order valence-electron chi connectivity index (χ0n) is 8.66. The van der Waals surface area contributed by atoms with E-state index in [-0.39, 0.29) is 0 Å². The number of hydrogen-bond donors (Lipinski definition) is 2. The van der Waals surface area contributed by atoms with E-state index >= 15 is 0 Å². The first kappa shape index (κ1) is 12.6. The zero-order chi connectivity index (χ0) is 10.3. The maximum absolute atomic E-state index is 8.41. The highest BCUT2D eigenvalue weighted by molar-refractivity contribution is 7.99. The predicted molar refractivity (Wildman–Crippen MR) is 59.4 cm³/mol. The molecule has 4 heteroatoms. The lowest BCUT2D eigenvalue weighted by atomic mass is 10.2. The van der Waals surface area contributed by atoms with Gasteiger partial charge in [0.15, 0.2) is 0 Å². The fraction of sp³-hybridized carbons (Fsp3) is 0.889. The molecule has 78 valence electrons. The van der Waals surface area contributed by atoms with Crippen LogP contribution in [0.1, 0.15) is 33.6 Å². The Kier molecular flexibility index (Phi) is 6.86. The van der Waals surface area contributed by atoms with Gasteiger partial charge in [-0.15, -0.1) is 0 Å². The van der Waals surface area contributed by atoms with Gasteiger partial charge in [0, 0.05) is 11.7 Å². The monoisotopic (exact) mass is 204 g/mol. The molecule has 3 nitrogen and oxygen atoms in total. The smallest absolute Gasteiger partial charge is 0.140 e. The summed E-state index contributed by atoms with van der Waals surface area (Å²) >= 11 is 1.90. The Morgan fingerprint density at radius 2 is 2.15 bits per heavy atom. The number of oxime groups is 1. The van der Waals surface area contributed by atoms with Crippen LogP contribution in [0, 0.1) is 5.92 Å². The van der Waals surface area contributed by atoms with Crippen LogP contribution in [0.2, 0.25) is 0 Å². The zero-order valence-corrected chi connectivity index (χ0v) is 9.47. The Labute approximate surface area is 84.8 Å². The van der Waals surface area contributed by atoms with Crippen molar-refractivity contribution in [3.8, 4) is 0 Å². The van der Waals surface area contributed by atoms with E-state index in [1.165, 1.54) is 0 Å². The van der Waals surface area contributed by atoms with Gasteiger partial charge in [0.05, 0.1) is 0 Å². The molecule has 0 aliphatic carbocycles. The first-order valence-corrected chi connectivity index (χ1v) is 5.73. The Bertz CT molecular complexity index is 160. The highest BCUT2D eigenvalue weighted by Gasteiger charge is 2.09. The molecule has 0 radical (unpaired) electrons. The number of nitrogens with zero attached hydrogens (tertiary/aromatic N) is 1. The molecular weight excluding hydrogens is 184 g/mol. The fourth-order valence-corrected chi connectivity index (χ4v) is 2.11. The molecule has 0 aromatic heterocycles. The summed E-state index contributed by atoms with van der Waals surface area (Å²) in [6, 6.07) is 0. The first-order chi connectivity index (χ1) is 6.10. The van der Waals surface area contributed by atoms with Crippen LogP contribution in [0.5, 0.6) is 0 Å². The van der Waals surface area contributed by atoms with Gasteiger partial charge in [-0.05, 0) is 18.1 Å². The van der Waals surface area contributed by atoms with Crippen LogP contribution in [-0.2, 0) is 0 Å². The second kappa shape index (κ2) is 7.06. The van der Waals surface area contributed by atoms with Crippen LogP contribution in [0.4, 0.5) is 0 Å². The van der Waals surface area contributed by atoms with Gasteiger partial charge in [-0.1, -0.05) is 25.9 Å². The maximum atomic E-state index is 8.41. The van der Waals surface area contributed by atoms with Crippen molar-refractivity contribution >= 4 is 17.6 Å². The van der Waals surface area contributed by atoms with E-state index in [1.54, 1.807) is 0 Å². The molecule has 0 saturated carbocycles. The average molecular weight is 204 g/mol. The van der Waals surface area contributed by atoms with Crippen molar-refractivity contribution in [1.82, 2.24) is 0 Å². The molecule has 3 N–H and O–H groups in total. The van der Waals surface area contributed by atoms with Gasteiger partial charge in [-0.3, -0.25) is 0 Å². The summed E-state index contributed by atoms with van der Waals surface area (Å²) in [7, 11) is 0. The Hall–Kier alpha value is -0.380. The minimum atomic E-state index is 0.336. The van der Waals surface area contributed by atoms with Crippen molar-refractivity contribution in [2.75, 3.05) is 5.75 Å². The predicted octanol–water partition coefficient (Wildman–Crippen LogP) is 2.29. The molecule has 0 rings (SSSR count). The molecule has 1 atom stereocenters. The summed E-state index contributed by atoms with van der Waals surface area (Å²) in [5.74, 6) is 2.17. The van der Waals surface area contributed by atoms with Crippen molar-refractivity contribution in [1.29, 1.82) is 0 Å². The van der Waals surface area contributed by atoms with Crippen LogP contribution in [0.25, 0.3) is 0 Å². The lowest BCUT2D eigenvalue weighted by Gasteiger charge is -2.14. The molecule has 0 aliphatic rings. The van der Waals surface area contributed by atoms with Gasteiger partial charge in [-0.2, -0.15) is 11.8 Å². The molecule has 0 fully saturated rings.